The van der Waals surface area contributed by atoms with Crippen molar-refractivity contribution in [1.29, 1.82) is 0 Å². The first-order valence-electron chi connectivity index (χ1n) is 8.63. The lowest BCUT2D eigenvalue weighted by atomic mass is 10.0. The molecule has 7 heteroatoms. The van der Waals surface area contributed by atoms with Crippen LogP contribution in [-0.2, 0) is 14.0 Å². The molecule has 0 aromatic rings. The molecule has 144 valence electrons. The summed E-state index contributed by atoms with van der Waals surface area (Å²) in [4.78, 5) is 25.8. The largest absolute Gasteiger partial charge is 0.443 e. The molecular formula is C18H32FNO4Si. The number of carbonyl (C=O) groups excluding carboxylic acids is 2. The van der Waals surface area contributed by atoms with Gasteiger partial charge in [0.1, 0.15) is 12.3 Å². The van der Waals surface area contributed by atoms with E-state index < -0.39 is 32.7 Å². The van der Waals surface area contributed by atoms with Gasteiger partial charge in [0, 0.05) is 12.5 Å². The highest BCUT2D eigenvalue weighted by Crippen LogP contribution is 2.37. The summed E-state index contributed by atoms with van der Waals surface area (Å²) in [7, 11) is -2.08. The summed E-state index contributed by atoms with van der Waals surface area (Å²) in [6.07, 6.45) is 0.690. The van der Waals surface area contributed by atoms with E-state index in [2.05, 4.69) is 33.9 Å². The normalized spacial score (nSPS) is 19.7. The molecule has 5 nitrogen and oxygen atoms in total. The van der Waals surface area contributed by atoms with Crippen LogP contribution in [0.4, 0.5) is 9.18 Å². The van der Waals surface area contributed by atoms with E-state index in [9.17, 15) is 14.0 Å². The third-order valence-corrected chi connectivity index (χ3v) is 9.07. The van der Waals surface area contributed by atoms with Crippen molar-refractivity contribution in [2.75, 3.05) is 13.3 Å². The standard InChI is InChI=1S/C18H32FNO4Si/c1-17(2,3)24-16(22)20-13(11-19)9-15(21)10-14(20)12-23-25(7,8)18(4,5)6/h10,13H,9,11-12H2,1-8H3/t13-/m1/s1. The number of hydrogen-bond donors (Lipinski definition) is 0. The SMILES string of the molecule is CC(C)(C)OC(=O)N1C(CO[Si](C)(C)C(C)(C)C)=CC(=O)C[C@@H]1CF. The third kappa shape index (κ3) is 5.92. The Balaban J connectivity index is 3.06. The fourth-order valence-electron chi connectivity index (χ4n) is 2.16. The van der Waals surface area contributed by atoms with Gasteiger partial charge in [-0.05, 0) is 38.9 Å². The van der Waals surface area contributed by atoms with Crippen LogP contribution in [0.3, 0.4) is 0 Å². The van der Waals surface area contributed by atoms with Gasteiger partial charge in [0.2, 0.25) is 0 Å². The lowest BCUT2D eigenvalue weighted by Crippen LogP contribution is -2.49. The fourth-order valence-corrected chi connectivity index (χ4v) is 3.10. The second-order valence-corrected chi connectivity index (χ2v) is 13.8. The molecule has 0 saturated carbocycles. The van der Waals surface area contributed by atoms with Crippen molar-refractivity contribution in [3.05, 3.63) is 11.8 Å². The van der Waals surface area contributed by atoms with Gasteiger partial charge in [0.05, 0.1) is 18.3 Å². The number of ketones is 1. The highest BCUT2D eigenvalue weighted by atomic mass is 28.4. The lowest BCUT2D eigenvalue weighted by Gasteiger charge is -2.39. The minimum Gasteiger partial charge on any atom is -0.443 e. The van der Waals surface area contributed by atoms with Crippen LogP contribution in [0.1, 0.15) is 48.0 Å². The van der Waals surface area contributed by atoms with Crippen molar-refractivity contribution in [3.63, 3.8) is 0 Å². The Hall–Kier alpha value is -1.21. The quantitative estimate of drug-likeness (QED) is 0.684. The van der Waals surface area contributed by atoms with E-state index in [1.807, 2.05) is 0 Å². The monoisotopic (exact) mass is 373 g/mol. The minimum absolute atomic E-state index is 0.0114. The van der Waals surface area contributed by atoms with Crippen molar-refractivity contribution in [3.8, 4) is 0 Å². The Kier molecular flexibility index (Phi) is 6.61. The maximum atomic E-state index is 13.5. The summed E-state index contributed by atoms with van der Waals surface area (Å²) in [5, 5.41) is -0.0114. The van der Waals surface area contributed by atoms with E-state index in [-0.39, 0.29) is 23.8 Å². The number of rotatable bonds is 4. The Labute approximate surface area is 151 Å². The Morgan fingerprint density at radius 2 is 1.84 bits per heavy atom. The lowest BCUT2D eigenvalue weighted by molar-refractivity contribution is -0.116. The number of nitrogens with zero attached hydrogens (tertiary/aromatic N) is 1. The molecule has 1 amide bonds. The Morgan fingerprint density at radius 3 is 2.28 bits per heavy atom. The summed E-state index contributed by atoms with van der Waals surface area (Å²) >= 11 is 0. The zero-order valence-electron chi connectivity index (χ0n) is 16.7. The molecule has 1 aliphatic heterocycles. The van der Waals surface area contributed by atoms with Gasteiger partial charge in [-0.25, -0.2) is 9.18 Å². The summed E-state index contributed by atoms with van der Waals surface area (Å²) in [6, 6.07) is -0.842. The van der Waals surface area contributed by atoms with Gasteiger partial charge in [-0.3, -0.25) is 9.69 Å². The van der Waals surface area contributed by atoms with E-state index in [1.165, 1.54) is 11.0 Å². The molecule has 25 heavy (non-hydrogen) atoms. The van der Waals surface area contributed by atoms with Crippen molar-refractivity contribution >= 4 is 20.2 Å². The number of alkyl halides is 1. The van der Waals surface area contributed by atoms with Crippen LogP contribution in [0.25, 0.3) is 0 Å². The molecule has 0 saturated heterocycles. The van der Waals surface area contributed by atoms with E-state index in [4.69, 9.17) is 9.16 Å². The molecular weight excluding hydrogens is 341 g/mol. The number of ether oxygens (including phenoxy) is 1. The molecule has 0 spiro atoms. The number of hydrogen-bond acceptors (Lipinski definition) is 4. The van der Waals surface area contributed by atoms with E-state index >= 15 is 0 Å². The molecule has 0 unspecified atom stereocenters. The van der Waals surface area contributed by atoms with Crippen molar-refractivity contribution in [2.24, 2.45) is 0 Å². The van der Waals surface area contributed by atoms with Crippen molar-refractivity contribution in [2.45, 2.75) is 77.7 Å². The Bertz CT molecular complexity index is 546. The maximum absolute atomic E-state index is 13.5. The summed E-state index contributed by atoms with van der Waals surface area (Å²) in [5.74, 6) is -0.198. The van der Waals surface area contributed by atoms with Crippen LogP contribution < -0.4 is 0 Å². The van der Waals surface area contributed by atoms with Gasteiger partial charge < -0.3 is 9.16 Å². The predicted molar refractivity (Wildman–Crippen MR) is 98.7 cm³/mol. The topological polar surface area (TPSA) is 55.8 Å². The molecule has 0 radical (unpaired) electrons. The smallest absolute Gasteiger partial charge is 0.414 e. The average molecular weight is 374 g/mol. The summed E-state index contributed by atoms with van der Waals surface area (Å²) in [6.45, 7) is 15.0. The fraction of sp³-hybridized carbons (Fsp3) is 0.778. The van der Waals surface area contributed by atoms with Gasteiger partial charge in [-0.2, -0.15) is 0 Å². The second-order valence-electron chi connectivity index (χ2n) is 9.01. The summed E-state index contributed by atoms with van der Waals surface area (Å²) in [5.41, 5.74) is -0.330. The number of allylic oxidation sites excluding steroid dienone is 1. The van der Waals surface area contributed by atoms with E-state index in [0.29, 0.717) is 5.70 Å². The number of amides is 1. The molecule has 0 bridgehead atoms. The molecule has 0 N–H and O–H groups in total. The van der Waals surface area contributed by atoms with Gasteiger partial charge in [0.15, 0.2) is 14.1 Å². The van der Waals surface area contributed by atoms with Crippen LogP contribution in [0.5, 0.6) is 0 Å². The first kappa shape index (κ1) is 21.8. The van der Waals surface area contributed by atoms with Crippen molar-refractivity contribution in [1.82, 2.24) is 4.90 Å². The molecule has 0 aliphatic carbocycles. The van der Waals surface area contributed by atoms with Gasteiger partial charge in [-0.1, -0.05) is 20.8 Å². The Morgan fingerprint density at radius 1 is 1.28 bits per heavy atom. The third-order valence-electron chi connectivity index (χ3n) is 4.59. The summed E-state index contributed by atoms with van der Waals surface area (Å²) < 4.78 is 25.0. The molecule has 0 aromatic carbocycles. The highest BCUT2D eigenvalue weighted by molar-refractivity contribution is 6.74. The van der Waals surface area contributed by atoms with Crippen LogP contribution in [-0.4, -0.2) is 50.0 Å². The van der Waals surface area contributed by atoms with Crippen molar-refractivity contribution < 1.29 is 23.1 Å². The van der Waals surface area contributed by atoms with Gasteiger partial charge >= 0.3 is 6.09 Å². The van der Waals surface area contributed by atoms with Gasteiger partial charge in [-0.15, -0.1) is 0 Å². The zero-order valence-corrected chi connectivity index (χ0v) is 17.7. The maximum Gasteiger partial charge on any atom is 0.414 e. The predicted octanol–water partition coefficient (Wildman–Crippen LogP) is 4.44. The molecule has 1 atom stereocenters. The van der Waals surface area contributed by atoms with E-state index in [0.717, 1.165) is 0 Å². The molecule has 0 aromatic heterocycles. The zero-order chi connectivity index (χ0) is 19.6. The average Bonchev–Trinajstić information content (AvgIpc) is 2.41. The van der Waals surface area contributed by atoms with Crippen LogP contribution in [0.2, 0.25) is 18.1 Å². The number of halogens is 1. The molecule has 1 rings (SSSR count). The van der Waals surface area contributed by atoms with E-state index in [1.54, 1.807) is 20.8 Å². The van der Waals surface area contributed by atoms with Crippen LogP contribution in [0.15, 0.2) is 11.8 Å². The molecule has 1 aliphatic rings. The van der Waals surface area contributed by atoms with Crippen LogP contribution >= 0.6 is 0 Å². The first-order chi connectivity index (χ1) is 11.2. The minimum atomic E-state index is -2.08. The van der Waals surface area contributed by atoms with Crippen LogP contribution in [0, 0.1) is 0 Å². The first-order valence-corrected chi connectivity index (χ1v) is 11.5. The number of carbonyl (C=O) groups is 2. The molecule has 1 heterocycles. The molecule has 0 fully saturated rings. The second kappa shape index (κ2) is 7.58. The highest BCUT2D eigenvalue weighted by Gasteiger charge is 2.40. The van der Waals surface area contributed by atoms with Gasteiger partial charge in [0.25, 0.3) is 0 Å².